The minimum atomic E-state index is 0.625. The van der Waals surface area contributed by atoms with Gasteiger partial charge >= 0.3 is 0 Å². The van der Waals surface area contributed by atoms with Gasteiger partial charge in [0.25, 0.3) is 0 Å². The van der Waals surface area contributed by atoms with Crippen LogP contribution in [0.25, 0.3) is 95.0 Å². The van der Waals surface area contributed by atoms with Crippen LogP contribution in [0.2, 0.25) is 0 Å². The van der Waals surface area contributed by atoms with Gasteiger partial charge in [0.15, 0.2) is 17.5 Å². The molecule has 0 spiro atoms. The molecular weight excluding hydrogens is 669 g/mol. The van der Waals surface area contributed by atoms with Crippen molar-refractivity contribution in [2.45, 2.75) is 0 Å². The number of para-hydroxylation sites is 1. The van der Waals surface area contributed by atoms with E-state index in [2.05, 4.69) is 174 Å². The summed E-state index contributed by atoms with van der Waals surface area (Å²) in [5.41, 5.74) is 13.2. The van der Waals surface area contributed by atoms with Crippen molar-refractivity contribution in [2.24, 2.45) is 0 Å². The van der Waals surface area contributed by atoms with Crippen molar-refractivity contribution in [3.05, 3.63) is 206 Å². The summed E-state index contributed by atoms with van der Waals surface area (Å²) < 4.78 is 2.35. The Morgan fingerprint density at radius 3 is 1.31 bits per heavy atom. The molecule has 55 heavy (non-hydrogen) atoms. The Morgan fingerprint density at radius 1 is 0.255 bits per heavy atom. The predicted molar refractivity (Wildman–Crippen MR) is 227 cm³/mol. The third kappa shape index (κ3) is 6.16. The Balaban J connectivity index is 1.09. The SMILES string of the molecule is c1ccc(-c2cccc(-c3ccc(-c4nc(-c5ccccc5)nc(-c5ccc6c7ccccc7n(-c7cccc(-c8ccccc8)c7)c6c5)n4)cc3)c2)cc1. The van der Waals surface area contributed by atoms with Crippen LogP contribution >= 0.6 is 0 Å². The molecule has 2 aromatic heterocycles. The topological polar surface area (TPSA) is 43.6 Å². The summed E-state index contributed by atoms with van der Waals surface area (Å²) in [7, 11) is 0. The molecule has 0 radical (unpaired) electrons. The van der Waals surface area contributed by atoms with Crippen LogP contribution in [-0.2, 0) is 0 Å². The summed E-state index contributed by atoms with van der Waals surface area (Å²) in [5.74, 6) is 1.89. The van der Waals surface area contributed by atoms with Gasteiger partial charge in [-0.2, -0.15) is 0 Å². The van der Waals surface area contributed by atoms with Crippen LogP contribution in [0.1, 0.15) is 0 Å². The van der Waals surface area contributed by atoms with E-state index in [0.717, 1.165) is 44.5 Å². The Labute approximate surface area is 319 Å². The molecular formula is C51H34N4. The zero-order chi connectivity index (χ0) is 36.6. The highest BCUT2D eigenvalue weighted by Crippen LogP contribution is 2.36. The average molecular weight is 703 g/mol. The molecule has 0 saturated heterocycles. The zero-order valence-corrected chi connectivity index (χ0v) is 29.9. The number of aromatic nitrogens is 4. The quantitative estimate of drug-likeness (QED) is 0.166. The largest absolute Gasteiger partial charge is 0.309 e. The lowest BCUT2D eigenvalue weighted by molar-refractivity contribution is 1.07. The number of fused-ring (bicyclic) bond motifs is 3. The highest BCUT2D eigenvalue weighted by Gasteiger charge is 2.17. The van der Waals surface area contributed by atoms with E-state index < -0.39 is 0 Å². The minimum absolute atomic E-state index is 0.625. The summed E-state index contributed by atoms with van der Waals surface area (Å²) in [6.45, 7) is 0. The van der Waals surface area contributed by atoms with Gasteiger partial charge in [-0.25, -0.2) is 15.0 Å². The van der Waals surface area contributed by atoms with Crippen molar-refractivity contribution in [3.63, 3.8) is 0 Å². The molecule has 8 aromatic carbocycles. The number of hydrogen-bond donors (Lipinski definition) is 0. The maximum atomic E-state index is 5.14. The average Bonchev–Trinajstić information content (AvgIpc) is 3.61. The molecule has 0 saturated carbocycles. The summed E-state index contributed by atoms with van der Waals surface area (Å²) in [5, 5.41) is 2.37. The molecule has 10 aromatic rings. The van der Waals surface area contributed by atoms with E-state index in [1.54, 1.807) is 0 Å². The molecule has 0 aliphatic rings. The van der Waals surface area contributed by atoms with Gasteiger partial charge in [-0.05, 0) is 63.7 Å². The molecule has 0 atom stereocenters. The van der Waals surface area contributed by atoms with Gasteiger partial charge in [0, 0.05) is 33.2 Å². The minimum Gasteiger partial charge on any atom is -0.309 e. The molecule has 4 nitrogen and oxygen atoms in total. The third-order valence-corrected chi connectivity index (χ3v) is 10.3. The first-order chi connectivity index (χ1) is 27.2. The first-order valence-corrected chi connectivity index (χ1v) is 18.5. The van der Waals surface area contributed by atoms with Gasteiger partial charge in [-0.3, -0.25) is 0 Å². The number of rotatable bonds is 7. The van der Waals surface area contributed by atoms with E-state index in [0.29, 0.717) is 17.5 Å². The second-order valence-electron chi connectivity index (χ2n) is 13.7. The third-order valence-electron chi connectivity index (χ3n) is 10.3. The van der Waals surface area contributed by atoms with Crippen LogP contribution in [0.15, 0.2) is 206 Å². The smallest absolute Gasteiger partial charge is 0.164 e. The van der Waals surface area contributed by atoms with Crippen LogP contribution in [0, 0.1) is 0 Å². The van der Waals surface area contributed by atoms with Crippen molar-refractivity contribution in [1.29, 1.82) is 0 Å². The molecule has 0 aliphatic carbocycles. The number of benzene rings is 8. The van der Waals surface area contributed by atoms with Crippen LogP contribution in [0.5, 0.6) is 0 Å². The van der Waals surface area contributed by atoms with Gasteiger partial charge in [-0.1, -0.05) is 176 Å². The van der Waals surface area contributed by atoms with Gasteiger partial charge in [0.2, 0.25) is 0 Å². The van der Waals surface area contributed by atoms with Gasteiger partial charge in [-0.15, -0.1) is 0 Å². The summed E-state index contributed by atoms with van der Waals surface area (Å²) in [4.78, 5) is 15.3. The molecule has 0 bridgehead atoms. The monoisotopic (exact) mass is 702 g/mol. The van der Waals surface area contributed by atoms with E-state index in [4.69, 9.17) is 15.0 Å². The van der Waals surface area contributed by atoms with Gasteiger partial charge in [0.05, 0.1) is 11.0 Å². The van der Waals surface area contributed by atoms with Gasteiger partial charge < -0.3 is 4.57 Å². The van der Waals surface area contributed by atoms with E-state index in [9.17, 15) is 0 Å². The van der Waals surface area contributed by atoms with E-state index >= 15 is 0 Å². The fraction of sp³-hybridized carbons (Fsp3) is 0. The highest BCUT2D eigenvalue weighted by molar-refractivity contribution is 6.10. The lowest BCUT2D eigenvalue weighted by Crippen LogP contribution is -2.00. The molecule has 4 heteroatoms. The van der Waals surface area contributed by atoms with E-state index in [1.165, 1.54) is 33.0 Å². The van der Waals surface area contributed by atoms with E-state index in [-0.39, 0.29) is 0 Å². The molecule has 0 fully saturated rings. The Morgan fingerprint density at radius 2 is 0.673 bits per heavy atom. The zero-order valence-electron chi connectivity index (χ0n) is 29.9. The summed E-state index contributed by atoms with van der Waals surface area (Å²) >= 11 is 0. The first kappa shape index (κ1) is 32.2. The van der Waals surface area contributed by atoms with Crippen molar-refractivity contribution in [2.75, 3.05) is 0 Å². The molecule has 0 aliphatic heterocycles. The first-order valence-electron chi connectivity index (χ1n) is 18.5. The molecule has 2 heterocycles. The second-order valence-corrected chi connectivity index (χ2v) is 13.7. The predicted octanol–water partition coefficient (Wildman–Crippen LogP) is 13.0. The van der Waals surface area contributed by atoms with Crippen molar-refractivity contribution >= 4 is 21.8 Å². The second kappa shape index (κ2) is 13.8. The fourth-order valence-corrected chi connectivity index (χ4v) is 7.51. The molecule has 0 amide bonds. The maximum Gasteiger partial charge on any atom is 0.164 e. The van der Waals surface area contributed by atoms with Crippen molar-refractivity contribution < 1.29 is 0 Å². The standard InChI is InChI=1S/C51H34N4/c1-4-14-35(15-5-1)40-20-12-21-41(32-40)37-26-28-39(29-27-37)50-52-49(38-18-8-3-9-19-38)53-51(54-50)43-30-31-46-45-24-10-11-25-47(45)55(48(46)34-43)44-23-13-22-42(33-44)36-16-6-2-7-17-36/h1-34H. The summed E-state index contributed by atoms with van der Waals surface area (Å²) in [6, 6.07) is 72.3. The molecule has 10 rings (SSSR count). The normalized spacial score (nSPS) is 11.3. The van der Waals surface area contributed by atoms with Crippen LogP contribution in [0.3, 0.4) is 0 Å². The van der Waals surface area contributed by atoms with E-state index in [1.807, 2.05) is 36.4 Å². The Hall–Kier alpha value is -7.43. The fourth-order valence-electron chi connectivity index (χ4n) is 7.51. The van der Waals surface area contributed by atoms with Gasteiger partial charge in [0.1, 0.15) is 0 Å². The lowest BCUT2D eigenvalue weighted by atomic mass is 9.98. The molecule has 0 unspecified atom stereocenters. The number of hydrogen-bond acceptors (Lipinski definition) is 3. The Bertz CT molecular complexity index is 2950. The number of nitrogens with zero attached hydrogens (tertiary/aromatic N) is 4. The van der Waals surface area contributed by atoms with Crippen molar-refractivity contribution in [1.82, 2.24) is 19.5 Å². The lowest BCUT2D eigenvalue weighted by Gasteiger charge is -2.12. The molecule has 258 valence electrons. The maximum absolute atomic E-state index is 5.14. The Kier molecular flexibility index (Phi) is 8.12. The molecule has 0 N–H and O–H groups in total. The summed E-state index contributed by atoms with van der Waals surface area (Å²) in [6.07, 6.45) is 0. The van der Waals surface area contributed by atoms with Crippen LogP contribution in [-0.4, -0.2) is 19.5 Å². The van der Waals surface area contributed by atoms with Crippen LogP contribution in [0.4, 0.5) is 0 Å². The highest BCUT2D eigenvalue weighted by atomic mass is 15.0. The van der Waals surface area contributed by atoms with Crippen molar-refractivity contribution in [3.8, 4) is 73.2 Å². The van der Waals surface area contributed by atoms with Crippen LogP contribution < -0.4 is 0 Å².